The van der Waals surface area contributed by atoms with Gasteiger partial charge in [-0.1, -0.05) is 30.5 Å². The van der Waals surface area contributed by atoms with E-state index in [0.29, 0.717) is 11.6 Å². The van der Waals surface area contributed by atoms with Crippen molar-refractivity contribution in [2.75, 3.05) is 19.6 Å². The van der Waals surface area contributed by atoms with Crippen molar-refractivity contribution < 1.29 is 4.39 Å². The molecular formula is C15H20ClFN2. The normalized spacial score (nSPS) is 23.1. The predicted molar refractivity (Wildman–Crippen MR) is 75.9 cm³/mol. The molecule has 19 heavy (non-hydrogen) atoms. The first-order valence-corrected chi connectivity index (χ1v) is 7.47. The molecule has 1 spiro atoms. The summed E-state index contributed by atoms with van der Waals surface area (Å²) in [6.45, 7) is 3.74. The van der Waals surface area contributed by atoms with Crippen LogP contribution in [0.2, 0.25) is 5.02 Å². The SMILES string of the molecule is Fc1cc(Cl)ccc1CN1CCNCC12CCCC2. The van der Waals surface area contributed by atoms with Gasteiger partial charge in [-0.25, -0.2) is 4.39 Å². The Morgan fingerprint density at radius 1 is 1.32 bits per heavy atom. The molecule has 104 valence electrons. The van der Waals surface area contributed by atoms with Crippen molar-refractivity contribution in [3.8, 4) is 0 Å². The van der Waals surface area contributed by atoms with Crippen LogP contribution in [0.1, 0.15) is 31.2 Å². The Morgan fingerprint density at radius 2 is 2.11 bits per heavy atom. The first kappa shape index (κ1) is 13.3. The highest BCUT2D eigenvalue weighted by Crippen LogP contribution is 2.37. The van der Waals surface area contributed by atoms with Crippen molar-refractivity contribution in [1.82, 2.24) is 10.2 Å². The number of nitrogens with one attached hydrogen (secondary N) is 1. The highest BCUT2D eigenvalue weighted by Gasteiger charge is 2.41. The van der Waals surface area contributed by atoms with E-state index in [1.54, 1.807) is 6.07 Å². The van der Waals surface area contributed by atoms with Crippen LogP contribution in [0.3, 0.4) is 0 Å². The lowest BCUT2D eigenvalue weighted by molar-refractivity contribution is 0.0563. The number of benzene rings is 1. The molecule has 0 atom stereocenters. The summed E-state index contributed by atoms with van der Waals surface area (Å²) in [5, 5.41) is 3.97. The van der Waals surface area contributed by atoms with Gasteiger partial charge in [-0.05, 0) is 25.0 Å². The number of rotatable bonds is 2. The van der Waals surface area contributed by atoms with Crippen LogP contribution in [0.25, 0.3) is 0 Å². The van der Waals surface area contributed by atoms with Crippen LogP contribution in [0.4, 0.5) is 4.39 Å². The molecule has 0 unspecified atom stereocenters. The minimum Gasteiger partial charge on any atom is -0.314 e. The number of hydrogen-bond acceptors (Lipinski definition) is 2. The van der Waals surface area contributed by atoms with Crippen LogP contribution in [0.5, 0.6) is 0 Å². The van der Waals surface area contributed by atoms with E-state index in [1.807, 2.05) is 6.07 Å². The number of nitrogens with zero attached hydrogens (tertiary/aromatic N) is 1. The quantitative estimate of drug-likeness (QED) is 0.896. The summed E-state index contributed by atoms with van der Waals surface area (Å²) in [7, 11) is 0. The molecule has 3 rings (SSSR count). The molecule has 2 aliphatic rings. The van der Waals surface area contributed by atoms with Gasteiger partial charge < -0.3 is 5.32 Å². The van der Waals surface area contributed by atoms with E-state index in [4.69, 9.17) is 11.6 Å². The Morgan fingerprint density at radius 3 is 2.84 bits per heavy atom. The molecule has 2 nitrogen and oxygen atoms in total. The van der Waals surface area contributed by atoms with Crippen molar-refractivity contribution in [3.63, 3.8) is 0 Å². The van der Waals surface area contributed by atoms with E-state index >= 15 is 0 Å². The molecule has 0 aromatic heterocycles. The fourth-order valence-corrected chi connectivity index (χ4v) is 3.67. The van der Waals surface area contributed by atoms with Gasteiger partial charge in [0.15, 0.2) is 0 Å². The molecule has 1 aliphatic carbocycles. The smallest absolute Gasteiger partial charge is 0.129 e. The molecule has 1 saturated heterocycles. The van der Waals surface area contributed by atoms with Gasteiger partial charge in [0.2, 0.25) is 0 Å². The number of hydrogen-bond donors (Lipinski definition) is 1. The average molecular weight is 283 g/mol. The second kappa shape index (κ2) is 5.39. The maximum Gasteiger partial charge on any atom is 0.129 e. The summed E-state index contributed by atoms with van der Waals surface area (Å²) in [5.74, 6) is -0.181. The monoisotopic (exact) mass is 282 g/mol. The third-order valence-electron chi connectivity index (χ3n) is 4.59. The summed E-state index contributed by atoms with van der Waals surface area (Å²) in [6, 6.07) is 5.02. The lowest BCUT2D eigenvalue weighted by atomic mass is 9.92. The molecular weight excluding hydrogens is 263 g/mol. The lowest BCUT2D eigenvalue weighted by Crippen LogP contribution is -2.59. The maximum absolute atomic E-state index is 14.0. The van der Waals surface area contributed by atoms with Gasteiger partial charge in [0, 0.05) is 42.3 Å². The average Bonchev–Trinajstić information content (AvgIpc) is 2.85. The molecule has 0 bridgehead atoms. The fraction of sp³-hybridized carbons (Fsp3) is 0.600. The molecule has 2 fully saturated rings. The Bertz CT molecular complexity index is 457. The second-order valence-electron chi connectivity index (χ2n) is 5.77. The minimum absolute atomic E-state index is 0.181. The number of halogens is 2. The molecule has 1 aromatic rings. The summed E-state index contributed by atoms with van der Waals surface area (Å²) in [5.41, 5.74) is 1.02. The first-order chi connectivity index (χ1) is 9.20. The highest BCUT2D eigenvalue weighted by molar-refractivity contribution is 6.30. The minimum atomic E-state index is -0.181. The van der Waals surface area contributed by atoms with Crippen LogP contribution in [-0.4, -0.2) is 30.1 Å². The van der Waals surface area contributed by atoms with E-state index in [9.17, 15) is 4.39 Å². The van der Waals surface area contributed by atoms with Gasteiger partial charge in [0.1, 0.15) is 5.82 Å². The van der Waals surface area contributed by atoms with Gasteiger partial charge in [0.05, 0.1) is 0 Å². The van der Waals surface area contributed by atoms with E-state index in [0.717, 1.165) is 25.2 Å². The Labute approximate surface area is 118 Å². The van der Waals surface area contributed by atoms with E-state index < -0.39 is 0 Å². The second-order valence-corrected chi connectivity index (χ2v) is 6.20. The largest absolute Gasteiger partial charge is 0.314 e. The molecule has 4 heteroatoms. The summed E-state index contributed by atoms with van der Waals surface area (Å²) < 4.78 is 14.0. The first-order valence-electron chi connectivity index (χ1n) is 7.09. The third-order valence-corrected chi connectivity index (χ3v) is 4.83. The van der Waals surface area contributed by atoms with E-state index in [2.05, 4.69) is 10.2 Å². The molecule has 1 heterocycles. The topological polar surface area (TPSA) is 15.3 Å². The van der Waals surface area contributed by atoms with Crippen molar-refractivity contribution in [2.45, 2.75) is 37.8 Å². The zero-order valence-electron chi connectivity index (χ0n) is 11.1. The van der Waals surface area contributed by atoms with Gasteiger partial charge in [0.25, 0.3) is 0 Å². The summed E-state index contributed by atoms with van der Waals surface area (Å²) in [6.07, 6.45) is 5.05. The highest BCUT2D eigenvalue weighted by atomic mass is 35.5. The number of piperazine rings is 1. The Hall–Kier alpha value is -0.640. The van der Waals surface area contributed by atoms with Gasteiger partial charge >= 0.3 is 0 Å². The van der Waals surface area contributed by atoms with Gasteiger partial charge in [-0.15, -0.1) is 0 Å². The van der Waals surface area contributed by atoms with Crippen LogP contribution in [0, 0.1) is 5.82 Å². The zero-order valence-corrected chi connectivity index (χ0v) is 11.8. The Balaban J connectivity index is 1.80. The molecule has 0 radical (unpaired) electrons. The van der Waals surface area contributed by atoms with Crippen molar-refractivity contribution >= 4 is 11.6 Å². The van der Waals surface area contributed by atoms with Crippen LogP contribution < -0.4 is 5.32 Å². The standard InChI is InChI=1S/C15H20ClFN2/c16-13-4-3-12(14(17)9-13)10-19-8-7-18-11-15(19)5-1-2-6-15/h3-4,9,18H,1-2,5-8,10-11H2. The lowest BCUT2D eigenvalue weighted by Gasteiger charge is -2.45. The van der Waals surface area contributed by atoms with Crippen molar-refractivity contribution in [1.29, 1.82) is 0 Å². The van der Waals surface area contributed by atoms with E-state index in [-0.39, 0.29) is 11.4 Å². The van der Waals surface area contributed by atoms with E-state index in [1.165, 1.54) is 31.7 Å². The maximum atomic E-state index is 14.0. The molecule has 1 aliphatic heterocycles. The van der Waals surface area contributed by atoms with Crippen LogP contribution >= 0.6 is 11.6 Å². The molecule has 0 amide bonds. The molecule has 1 N–H and O–H groups in total. The fourth-order valence-electron chi connectivity index (χ4n) is 3.51. The predicted octanol–water partition coefficient (Wildman–Crippen LogP) is 3.20. The summed E-state index contributed by atoms with van der Waals surface area (Å²) >= 11 is 5.82. The van der Waals surface area contributed by atoms with Gasteiger partial charge in [-0.2, -0.15) is 0 Å². The van der Waals surface area contributed by atoms with Crippen LogP contribution in [-0.2, 0) is 6.54 Å². The summed E-state index contributed by atoms with van der Waals surface area (Å²) in [4.78, 5) is 2.48. The third kappa shape index (κ3) is 2.64. The van der Waals surface area contributed by atoms with Gasteiger partial charge in [-0.3, -0.25) is 4.90 Å². The van der Waals surface area contributed by atoms with Crippen molar-refractivity contribution in [3.05, 3.63) is 34.6 Å². The van der Waals surface area contributed by atoms with Crippen LogP contribution in [0.15, 0.2) is 18.2 Å². The molecule has 1 aromatic carbocycles. The molecule has 1 saturated carbocycles. The zero-order chi connectivity index (χ0) is 13.3. The van der Waals surface area contributed by atoms with Crippen molar-refractivity contribution in [2.24, 2.45) is 0 Å². The Kier molecular flexibility index (Phi) is 3.79.